The molecule has 0 amide bonds. The van der Waals surface area contributed by atoms with Gasteiger partial charge in [-0.3, -0.25) is 4.79 Å². The fourth-order valence-electron chi connectivity index (χ4n) is 3.41. The van der Waals surface area contributed by atoms with E-state index in [1.165, 1.54) is 26.4 Å². The lowest BCUT2D eigenvalue weighted by molar-refractivity contribution is -0.147. The Bertz CT molecular complexity index is 262. The molecule has 4 nitrogen and oxygen atoms in total. The Balaban J connectivity index is 1.84. The van der Waals surface area contributed by atoms with Crippen molar-refractivity contribution in [3.8, 4) is 0 Å². The molecule has 2 unspecified atom stereocenters. The highest BCUT2D eigenvalue weighted by atomic mass is 16.5. The second kappa shape index (κ2) is 5.83. The van der Waals surface area contributed by atoms with Crippen LogP contribution in [0, 0.1) is 11.8 Å². The summed E-state index contributed by atoms with van der Waals surface area (Å²) in [4.78, 5) is 14.0. The summed E-state index contributed by atoms with van der Waals surface area (Å²) >= 11 is 0. The van der Waals surface area contributed by atoms with Crippen molar-refractivity contribution in [2.45, 2.75) is 38.1 Å². The van der Waals surface area contributed by atoms with E-state index >= 15 is 0 Å². The van der Waals surface area contributed by atoms with Crippen LogP contribution in [0.5, 0.6) is 0 Å². The summed E-state index contributed by atoms with van der Waals surface area (Å²) in [5.74, 6) is 0.755. The van der Waals surface area contributed by atoms with Crippen LogP contribution < -0.4 is 5.73 Å². The van der Waals surface area contributed by atoms with Crippen LogP contribution in [-0.2, 0) is 9.53 Å². The molecule has 17 heavy (non-hydrogen) atoms. The van der Waals surface area contributed by atoms with Crippen LogP contribution in [0.2, 0.25) is 0 Å². The molecule has 0 aromatic heterocycles. The molecule has 2 fully saturated rings. The Morgan fingerprint density at radius 1 is 1.29 bits per heavy atom. The van der Waals surface area contributed by atoms with Crippen LogP contribution in [0.1, 0.15) is 32.1 Å². The summed E-state index contributed by atoms with van der Waals surface area (Å²) in [6.07, 6.45) is 5.76. The lowest BCUT2D eigenvalue weighted by atomic mass is 9.93. The zero-order valence-corrected chi connectivity index (χ0v) is 10.7. The number of rotatable bonds is 3. The van der Waals surface area contributed by atoms with Crippen LogP contribution in [0.15, 0.2) is 0 Å². The van der Waals surface area contributed by atoms with Crippen LogP contribution in [-0.4, -0.2) is 43.7 Å². The number of carbonyl (C=O) groups is 1. The van der Waals surface area contributed by atoms with E-state index in [2.05, 4.69) is 4.90 Å². The minimum atomic E-state index is -0.0357. The normalized spacial score (nSPS) is 31.6. The zero-order valence-electron chi connectivity index (χ0n) is 10.7. The number of hydrogen-bond acceptors (Lipinski definition) is 4. The van der Waals surface area contributed by atoms with Crippen molar-refractivity contribution < 1.29 is 9.53 Å². The molecule has 0 aromatic rings. The zero-order chi connectivity index (χ0) is 12.3. The van der Waals surface area contributed by atoms with E-state index in [9.17, 15) is 4.79 Å². The van der Waals surface area contributed by atoms with Gasteiger partial charge in [0.25, 0.3) is 0 Å². The van der Waals surface area contributed by atoms with Crippen molar-refractivity contribution in [1.29, 1.82) is 0 Å². The standard InChI is InChI=1S/C13H24N2O2/c1-17-13(16)10-5-7-15(8-6-10)12-4-2-3-11(12)9-14/h10-12H,2-9,14H2,1H3. The smallest absolute Gasteiger partial charge is 0.308 e. The van der Waals surface area contributed by atoms with Crippen molar-refractivity contribution in [3.05, 3.63) is 0 Å². The number of ether oxygens (including phenoxy) is 1. The predicted octanol–water partition coefficient (Wildman–Crippen LogP) is 0.999. The monoisotopic (exact) mass is 240 g/mol. The number of piperidine rings is 1. The fourth-order valence-corrected chi connectivity index (χ4v) is 3.41. The number of likely N-dealkylation sites (tertiary alicyclic amines) is 1. The van der Waals surface area contributed by atoms with Crippen molar-refractivity contribution in [2.24, 2.45) is 17.6 Å². The highest BCUT2D eigenvalue weighted by molar-refractivity contribution is 5.72. The minimum Gasteiger partial charge on any atom is -0.469 e. The van der Waals surface area contributed by atoms with Gasteiger partial charge in [0.15, 0.2) is 0 Å². The van der Waals surface area contributed by atoms with E-state index in [4.69, 9.17) is 10.5 Å². The molecule has 2 rings (SSSR count). The van der Waals surface area contributed by atoms with Crippen LogP contribution in [0.4, 0.5) is 0 Å². The summed E-state index contributed by atoms with van der Waals surface area (Å²) < 4.78 is 4.82. The Kier molecular flexibility index (Phi) is 4.40. The first kappa shape index (κ1) is 12.8. The topological polar surface area (TPSA) is 55.6 Å². The lowest BCUT2D eigenvalue weighted by Crippen LogP contribution is -2.45. The minimum absolute atomic E-state index is 0.0357. The van der Waals surface area contributed by atoms with Gasteiger partial charge in [-0.15, -0.1) is 0 Å². The molecule has 0 bridgehead atoms. The third kappa shape index (κ3) is 2.80. The first-order chi connectivity index (χ1) is 8.26. The first-order valence-corrected chi connectivity index (χ1v) is 6.78. The molecule has 4 heteroatoms. The first-order valence-electron chi connectivity index (χ1n) is 6.78. The SMILES string of the molecule is COC(=O)C1CCN(C2CCCC2CN)CC1. The third-order valence-electron chi connectivity index (χ3n) is 4.45. The Morgan fingerprint density at radius 2 is 2.00 bits per heavy atom. The Hall–Kier alpha value is -0.610. The van der Waals surface area contributed by atoms with Gasteiger partial charge in [-0.2, -0.15) is 0 Å². The van der Waals surface area contributed by atoms with Crippen LogP contribution in [0.3, 0.4) is 0 Å². The van der Waals surface area contributed by atoms with Crippen molar-refractivity contribution >= 4 is 5.97 Å². The number of carbonyl (C=O) groups excluding carboxylic acids is 1. The van der Waals surface area contributed by atoms with Gasteiger partial charge < -0.3 is 15.4 Å². The van der Waals surface area contributed by atoms with Crippen LogP contribution >= 0.6 is 0 Å². The molecule has 1 heterocycles. The van der Waals surface area contributed by atoms with Crippen molar-refractivity contribution in [3.63, 3.8) is 0 Å². The predicted molar refractivity (Wildman–Crippen MR) is 66.5 cm³/mol. The van der Waals surface area contributed by atoms with Gasteiger partial charge in [-0.1, -0.05) is 6.42 Å². The highest BCUT2D eigenvalue weighted by Crippen LogP contribution is 2.32. The third-order valence-corrected chi connectivity index (χ3v) is 4.45. The molecule has 1 saturated heterocycles. The maximum atomic E-state index is 11.5. The number of methoxy groups -OCH3 is 1. The fraction of sp³-hybridized carbons (Fsp3) is 0.923. The number of nitrogens with two attached hydrogens (primary N) is 1. The van der Waals surface area contributed by atoms with Gasteiger partial charge in [0, 0.05) is 6.04 Å². The largest absolute Gasteiger partial charge is 0.469 e. The molecule has 2 aliphatic rings. The maximum Gasteiger partial charge on any atom is 0.308 e. The number of hydrogen-bond donors (Lipinski definition) is 1. The maximum absolute atomic E-state index is 11.5. The molecule has 1 aliphatic heterocycles. The van der Waals surface area contributed by atoms with Gasteiger partial charge >= 0.3 is 5.97 Å². The molecule has 2 atom stereocenters. The average molecular weight is 240 g/mol. The molecule has 2 N–H and O–H groups in total. The summed E-state index contributed by atoms with van der Waals surface area (Å²) in [5.41, 5.74) is 5.83. The molecule has 98 valence electrons. The summed E-state index contributed by atoms with van der Waals surface area (Å²) in [5, 5.41) is 0. The molecule has 0 radical (unpaired) electrons. The quantitative estimate of drug-likeness (QED) is 0.748. The van der Waals surface area contributed by atoms with Crippen molar-refractivity contribution in [2.75, 3.05) is 26.7 Å². The second-order valence-electron chi connectivity index (χ2n) is 5.33. The molecular formula is C13H24N2O2. The van der Waals surface area contributed by atoms with Gasteiger partial charge in [0.2, 0.25) is 0 Å². The van der Waals surface area contributed by atoms with Crippen LogP contribution in [0.25, 0.3) is 0 Å². The Labute approximate surface area is 103 Å². The molecule has 0 aromatic carbocycles. The molecule has 0 spiro atoms. The summed E-state index contributed by atoms with van der Waals surface area (Å²) in [6.45, 7) is 2.86. The molecule has 1 saturated carbocycles. The second-order valence-corrected chi connectivity index (χ2v) is 5.33. The van der Waals surface area contributed by atoms with E-state index in [1.807, 2.05) is 0 Å². The lowest BCUT2D eigenvalue weighted by Gasteiger charge is -2.37. The highest BCUT2D eigenvalue weighted by Gasteiger charge is 2.34. The van der Waals surface area contributed by atoms with E-state index in [0.717, 1.165) is 32.5 Å². The van der Waals surface area contributed by atoms with E-state index in [1.54, 1.807) is 0 Å². The van der Waals surface area contributed by atoms with E-state index in [0.29, 0.717) is 12.0 Å². The van der Waals surface area contributed by atoms with Crippen molar-refractivity contribution in [1.82, 2.24) is 4.90 Å². The summed E-state index contributed by atoms with van der Waals surface area (Å²) in [7, 11) is 1.48. The van der Waals surface area contributed by atoms with E-state index < -0.39 is 0 Å². The summed E-state index contributed by atoms with van der Waals surface area (Å²) in [6, 6.07) is 0.665. The number of esters is 1. The van der Waals surface area contributed by atoms with E-state index in [-0.39, 0.29) is 11.9 Å². The number of nitrogens with zero attached hydrogens (tertiary/aromatic N) is 1. The Morgan fingerprint density at radius 3 is 2.59 bits per heavy atom. The van der Waals surface area contributed by atoms with Gasteiger partial charge in [-0.05, 0) is 51.2 Å². The van der Waals surface area contributed by atoms with Gasteiger partial charge in [-0.25, -0.2) is 0 Å². The van der Waals surface area contributed by atoms with Gasteiger partial charge in [0.1, 0.15) is 0 Å². The average Bonchev–Trinajstić information content (AvgIpc) is 2.86. The molecular weight excluding hydrogens is 216 g/mol. The van der Waals surface area contributed by atoms with Gasteiger partial charge in [0.05, 0.1) is 13.0 Å². The molecule has 1 aliphatic carbocycles.